The summed E-state index contributed by atoms with van der Waals surface area (Å²) in [5.74, 6) is 0.966. The van der Waals surface area contributed by atoms with E-state index < -0.39 is 9.84 Å². The molecule has 1 aromatic rings. The van der Waals surface area contributed by atoms with Crippen molar-refractivity contribution in [3.05, 3.63) is 30.1 Å². The minimum atomic E-state index is -3.00. The summed E-state index contributed by atoms with van der Waals surface area (Å²) >= 11 is 0. The molecule has 1 atom stereocenters. The van der Waals surface area contributed by atoms with Gasteiger partial charge in [0.15, 0.2) is 15.8 Å². The van der Waals surface area contributed by atoms with Gasteiger partial charge in [0.2, 0.25) is 0 Å². The number of sulfone groups is 1. The summed E-state index contributed by atoms with van der Waals surface area (Å²) in [6.07, 6.45) is -0.168. The number of halogens is 1. The number of hydrogen-bond acceptors (Lipinski definition) is 4. The van der Waals surface area contributed by atoms with Crippen LogP contribution in [0.3, 0.4) is 0 Å². The summed E-state index contributed by atoms with van der Waals surface area (Å²) in [5.41, 5.74) is 0. The topological polar surface area (TPSA) is 79.8 Å². The molecule has 1 unspecified atom stereocenters. The van der Waals surface area contributed by atoms with Gasteiger partial charge in [0.1, 0.15) is 17.7 Å². The van der Waals surface area contributed by atoms with Crippen LogP contribution >= 0.6 is 0 Å². The standard InChI is InChI=1S/C15H24FN3O3S/c1-4-23(20,21)10-9-18-15(17-3)19-11-12(2)22-14-7-5-13(16)6-8-14/h5-8,12H,4,9-11H2,1-3H3,(H2,17,18,19). The van der Waals surface area contributed by atoms with Crippen molar-refractivity contribution < 1.29 is 17.5 Å². The van der Waals surface area contributed by atoms with Crippen LogP contribution in [0, 0.1) is 5.82 Å². The SMILES string of the molecule is CCS(=O)(=O)CCNC(=NC)NCC(C)Oc1ccc(F)cc1. The minimum absolute atomic E-state index is 0.0613. The van der Waals surface area contributed by atoms with E-state index in [1.165, 1.54) is 12.1 Å². The molecule has 1 aromatic carbocycles. The van der Waals surface area contributed by atoms with Gasteiger partial charge in [0, 0.05) is 19.3 Å². The maximum absolute atomic E-state index is 12.8. The molecule has 0 aromatic heterocycles. The van der Waals surface area contributed by atoms with Gasteiger partial charge in [0.25, 0.3) is 0 Å². The zero-order chi connectivity index (χ0) is 17.3. The van der Waals surface area contributed by atoms with E-state index in [1.54, 1.807) is 26.1 Å². The van der Waals surface area contributed by atoms with Crippen LogP contribution < -0.4 is 15.4 Å². The molecule has 0 bridgehead atoms. The molecule has 23 heavy (non-hydrogen) atoms. The number of rotatable bonds is 8. The lowest BCUT2D eigenvalue weighted by molar-refractivity contribution is 0.223. The smallest absolute Gasteiger partial charge is 0.191 e. The highest BCUT2D eigenvalue weighted by atomic mass is 32.2. The molecule has 0 radical (unpaired) electrons. The van der Waals surface area contributed by atoms with Crippen molar-refractivity contribution in [2.45, 2.75) is 20.0 Å². The number of benzene rings is 1. The Kier molecular flexibility index (Phi) is 7.80. The molecular weight excluding hydrogens is 321 g/mol. The first-order valence-electron chi connectivity index (χ1n) is 7.43. The molecule has 1 rings (SSSR count). The molecule has 0 fully saturated rings. The number of nitrogens with zero attached hydrogens (tertiary/aromatic N) is 1. The number of ether oxygens (including phenoxy) is 1. The molecule has 0 saturated heterocycles. The third-order valence-electron chi connectivity index (χ3n) is 3.08. The molecule has 8 heteroatoms. The Labute approximate surface area is 137 Å². The van der Waals surface area contributed by atoms with Crippen LogP contribution in [-0.2, 0) is 9.84 Å². The van der Waals surface area contributed by atoms with Crippen molar-refractivity contribution in [1.29, 1.82) is 0 Å². The van der Waals surface area contributed by atoms with Crippen molar-refractivity contribution in [3.63, 3.8) is 0 Å². The van der Waals surface area contributed by atoms with Gasteiger partial charge in [-0.25, -0.2) is 12.8 Å². The summed E-state index contributed by atoms with van der Waals surface area (Å²) in [7, 11) is -1.39. The van der Waals surface area contributed by atoms with Crippen LogP contribution in [0.5, 0.6) is 5.75 Å². The van der Waals surface area contributed by atoms with Crippen molar-refractivity contribution in [1.82, 2.24) is 10.6 Å². The molecule has 0 aliphatic heterocycles. The summed E-state index contributed by atoms with van der Waals surface area (Å²) in [4.78, 5) is 4.02. The average Bonchev–Trinajstić information content (AvgIpc) is 2.53. The summed E-state index contributed by atoms with van der Waals surface area (Å²) < 4.78 is 41.3. The zero-order valence-corrected chi connectivity index (χ0v) is 14.5. The van der Waals surface area contributed by atoms with E-state index in [2.05, 4.69) is 15.6 Å². The van der Waals surface area contributed by atoms with Gasteiger partial charge in [-0.15, -0.1) is 0 Å². The Balaban J connectivity index is 2.34. The van der Waals surface area contributed by atoms with Crippen molar-refractivity contribution in [3.8, 4) is 5.75 Å². The van der Waals surface area contributed by atoms with Gasteiger partial charge in [-0.05, 0) is 31.2 Å². The van der Waals surface area contributed by atoms with E-state index in [-0.39, 0.29) is 23.4 Å². The first-order chi connectivity index (χ1) is 10.9. The molecule has 0 aliphatic rings. The van der Waals surface area contributed by atoms with E-state index in [9.17, 15) is 12.8 Å². The Bertz CT molecular complexity index is 603. The summed E-state index contributed by atoms with van der Waals surface area (Å²) in [6, 6.07) is 5.80. The number of aliphatic imine (C=N–C) groups is 1. The van der Waals surface area contributed by atoms with Crippen molar-refractivity contribution in [2.24, 2.45) is 4.99 Å². The molecule has 0 heterocycles. The number of guanidine groups is 1. The van der Waals surface area contributed by atoms with Crippen molar-refractivity contribution in [2.75, 3.05) is 31.6 Å². The first kappa shape index (κ1) is 19.2. The molecule has 130 valence electrons. The van der Waals surface area contributed by atoms with Crippen LogP contribution in [0.1, 0.15) is 13.8 Å². The Morgan fingerprint density at radius 1 is 1.30 bits per heavy atom. The van der Waals surface area contributed by atoms with E-state index in [1.807, 2.05) is 6.92 Å². The molecule has 0 aliphatic carbocycles. The normalized spacial score (nSPS) is 13.5. The molecule has 6 nitrogen and oxygen atoms in total. The lowest BCUT2D eigenvalue weighted by atomic mass is 10.3. The molecule has 0 spiro atoms. The molecule has 2 N–H and O–H groups in total. The highest BCUT2D eigenvalue weighted by Crippen LogP contribution is 2.12. The van der Waals surface area contributed by atoms with Crippen LogP contribution in [0.4, 0.5) is 4.39 Å². The maximum Gasteiger partial charge on any atom is 0.191 e. The van der Waals surface area contributed by atoms with Gasteiger partial charge < -0.3 is 15.4 Å². The van der Waals surface area contributed by atoms with Gasteiger partial charge >= 0.3 is 0 Å². The second-order valence-corrected chi connectivity index (χ2v) is 7.47. The van der Waals surface area contributed by atoms with Gasteiger partial charge in [-0.1, -0.05) is 6.92 Å². The highest BCUT2D eigenvalue weighted by molar-refractivity contribution is 7.91. The lowest BCUT2D eigenvalue weighted by Crippen LogP contribution is -2.43. The third kappa shape index (κ3) is 7.83. The number of nitrogens with one attached hydrogen (secondary N) is 2. The monoisotopic (exact) mass is 345 g/mol. The fraction of sp³-hybridized carbons (Fsp3) is 0.533. The fourth-order valence-electron chi connectivity index (χ4n) is 1.72. The average molecular weight is 345 g/mol. The van der Waals surface area contributed by atoms with E-state index in [0.717, 1.165) is 0 Å². The Morgan fingerprint density at radius 2 is 1.96 bits per heavy atom. The van der Waals surface area contributed by atoms with Gasteiger partial charge in [-0.2, -0.15) is 0 Å². The lowest BCUT2D eigenvalue weighted by Gasteiger charge is -2.17. The molecule has 0 saturated carbocycles. The molecular formula is C15H24FN3O3S. The summed E-state index contributed by atoms with van der Waals surface area (Å²) in [6.45, 7) is 4.25. The maximum atomic E-state index is 12.8. The predicted molar refractivity (Wildman–Crippen MR) is 90.2 cm³/mol. The second-order valence-electron chi connectivity index (χ2n) is 5.00. The largest absolute Gasteiger partial charge is 0.489 e. The molecule has 0 amide bonds. The Morgan fingerprint density at radius 3 is 2.52 bits per heavy atom. The second kappa shape index (κ2) is 9.34. The van der Waals surface area contributed by atoms with Crippen LogP contribution in [-0.4, -0.2) is 52.1 Å². The van der Waals surface area contributed by atoms with E-state index in [0.29, 0.717) is 24.8 Å². The van der Waals surface area contributed by atoms with Crippen LogP contribution in [0.15, 0.2) is 29.3 Å². The highest BCUT2D eigenvalue weighted by Gasteiger charge is 2.09. The predicted octanol–water partition coefficient (Wildman–Crippen LogP) is 1.19. The first-order valence-corrected chi connectivity index (χ1v) is 9.25. The van der Waals surface area contributed by atoms with E-state index in [4.69, 9.17) is 4.74 Å². The van der Waals surface area contributed by atoms with E-state index >= 15 is 0 Å². The van der Waals surface area contributed by atoms with Crippen LogP contribution in [0.25, 0.3) is 0 Å². The van der Waals surface area contributed by atoms with Gasteiger partial charge in [0.05, 0.1) is 12.3 Å². The summed E-state index contributed by atoms with van der Waals surface area (Å²) in [5, 5.41) is 5.99. The van der Waals surface area contributed by atoms with Crippen LogP contribution in [0.2, 0.25) is 0 Å². The minimum Gasteiger partial charge on any atom is -0.489 e. The third-order valence-corrected chi connectivity index (χ3v) is 4.78. The Hall–Kier alpha value is -1.83. The number of hydrogen-bond donors (Lipinski definition) is 2. The quantitative estimate of drug-likeness (QED) is 0.547. The zero-order valence-electron chi connectivity index (χ0n) is 13.7. The van der Waals surface area contributed by atoms with Gasteiger partial charge in [-0.3, -0.25) is 4.99 Å². The van der Waals surface area contributed by atoms with Crippen molar-refractivity contribution >= 4 is 15.8 Å². The fourth-order valence-corrected chi connectivity index (χ4v) is 2.42.